The van der Waals surface area contributed by atoms with E-state index in [1.165, 1.54) is 11.2 Å². The number of rotatable bonds is 2. The van der Waals surface area contributed by atoms with Gasteiger partial charge in [0.1, 0.15) is 0 Å². The summed E-state index contributed by atoms with van der Waals surface area (Å²) in [4.78, 5) is 0. The van der Waals surface area contributed by atoms with Gasteiger partial charge < -0.3 is 0 Å². The molecule has 0 aromatic heterocycles. The molecule has 0 saturated carbocycles. The predicted octanol–water partition coefficient (Wildman–Crippen LogP) is 2.03. The molecule has 0 aliphatic rings. The van der Waals surface area contributed by atoms with Crippen molar-refractivity contribution in [2.45, 2.75) is 13.8 Å². The minimum absolute atomic E-state index is 1.31. The predicted molar refractivity (Wildman–Crippen MR) is 34.5 cm³/mol. The molecule has 3 heteroatoms. The van der Waals surface area contributed by atoms with Gasteiger partial charge in [-0.1, -0.05) is 25.6 Å². The first kappa shape index (κ1) is 10.2. The summed E-state index contributed by atoms with van der Waals surface area (Å²) in [5, 5.41) is 4.28. The van der Waals surface area contributed by atoms with Gasteiger partial charge in [0.05, 0.1) is 0 Å². The second-order valence-corrected chi connectivity index (χ2v) is 0.856. The normalized spacial score (nSPS) is 5.88. The van der Waals surface area contributed by atoms with Gasteiger partial charge in [0.25, 0.3) is 0 Å². The number of hydrogen-bond donors (Lipinski definition) is 1. The van der Waals surface area contributed by atoms with Crippen molar-refractivity contribution in [1.29, 1.82) is 5.53 Å². The minimum Gasteiger partial charge on any atom is -0.258 e. The lowest BCUT2D eigenvalue weighted by atomic mass is 11.0. The van der Waals surface area contributed by atoms with Gasteiger partial charge in [0.15, 0.2) is 0 Å². The summed E-state index contributed by atoms with van der Waals surface area (Å²) in [5.41, 5.74) is 6.29. The Morgan fingerprint density at radius 1 is 1.62 bits per heavy atom. The third kappa shape index (κ3) is 8.94. The minimum atomic E-state index is 1.31. The van der Waals surface area contributed by atoms with Gasteiger partial charge in [-0.15, -0.1) is 0 Å². The first-order chi connectivity index (χ1) is 3.81. The van der Waals surface area contributed by atoms with Crippen LogP contribution in [0.1, 0.15) is 13.8 Å². The molecule has 1 N–H and O–H groups in total. The summed E-state index contributed by atoms with van der Waals surface area (Å²) >= 11 is 0. The molecule has 0 unspecified atom stereocenters. The topological polar surface area (TPSA) is 39.5 Å². The summed E-state index contributed by atoms with van der Waals surface area (Å²) in [7, 11) is 1.64. The molecule has 0 heterocycles. The zero-order valence-electron chi connectivity index (χ0n) is 5.68. The number of nitrogens with zero attached hydrogens (tertiary/aromatic N) is 2. The molecule has 0 radical (unpaired) electrons. The Bertz CT molecular complexity index is 52.7. The van der Waals surface area contributed by atoms with Crippen LogP contribution in [-0.4, -0.2) is 12.1 Å². The molecule has 0 aromatic rings. The molecule has 0 aromatic carbocycles. The molecule has 48 valence electrons. The number of hydrogen-bond acceptors (Lipinski definition) is 2. The van der Waals surface area contributed by atoms with Crippen LogP contribution in [0.5, 0.6) is 0 Å². The summed E-state index contributed by atoms with van der Waals surface area (Å²) < 4.78 is 0. The van der Waals surface area contributed by atoms with Crippen LogP contribution >= 0.6 is 0 Å². The van der Waals surface area contributed by atoms with Crippen molar-refractivity contribution in [3.8, 4) is 0 Å². The van der Waals surface area contributed by atoms with Crippen LogP contribution < -0.4 is 0 Å². The quantitative estimate of drug-likeness (QED) is 0.434. The molecule has 0 rings (SSSR count). The molecule has 0 fully saturated rings. The molecule has 0 saturated heterocycles. The van der Waals surface area contributed by atoms with E-state index in [1.807, 2.05) is 13.8 Å². The van der Waals surface area contributed by atoms with Crippen LogP contribution in [0.25, 0.3) is 0 Å². The second kappa shape index (κ2) is 9.46. The van der Waals surface area contributed by atoms with Gasteiger partial charge in [-0.2, -0.15) is 5.53 Å². The Morgan fingerprint density at radius 2 is 2.00 bits per heavy atom. The van der Waals surface area contributed by atoms with Gasteiger partial charge in [0.2, 0.25) is 0 Å². The van der Waals surface area contributed by atoms with Crippen molar-refractivity contribution >= 4 is 0 Å². The smallest absolute Gasteiger partial charge is 0.0313 e. The van der Waals surface area contributed by atoms with Gasteiger partial charge in [-0.3, -0.25) is 5.01 Å². The average Bonchev–Trinajstić information content (AvgIpc) is 1.91. The van der Waals surface area contributed by atoms with Gasteiger partial charge in [-0.05, 0) is 0 Å². The summed E-state index contributed by atoms with van der Waals surface area (Å²) in [6.45, 7) is 7.34. The Labute approximate surface area is 50.5 Å². The monoisotopic (exact) mass is 115 g/mol. The molecular formula is C5H13N3. The van der Waals surface area contributed by atoms with Crippen molar-refractivity contribution in [1.82, 2.24) is 5.01 Å². The molecule has 0 spiro atoms. The van der Waals surface area contributed by atoms with E-state index in [0.29, 0.717) is 0 Å². The van der Waals surface area contributed by atoms with Crippen molar-refractivity contribution < 1.29 is 0 Å². The van der Waals surface area contributed by atoms with Crippen molar-refractivity contribution in [3.05, 3.63) is 12.8 Å². The lowest BCUT2D eigenvalue weighted by Crippen LogP contribution is -1.95. The van der Waals surface area contributed by atoms with Crippen molar-refractivity contribution in [2.75, 3.05) is 7.05 Å². The molecule has 0 amide bonds. The average molecular weight is 115 g/mol. The standard InChI is InChI=1S/C3H7N3.C2H6/c1-3-6(2)5-4;1-2/h3-4H,1H2,2H3;1-2H3. The molecule has 0 bridgehead atoms. The molecule has 0 aliphatic heterocycles. The third-order valence-electron chi connectivity index (χ3n) is 0.422. The second-order valence-electron chi connectivity index (χ2n) is 0.856. The third-order valence-corrected chi connectivity index (χ3v) is 0.422. The van der Waals surface area contributed by atoms with E-state index < -0.39 is 0 Å². The van der Waals surface area contributed by atoms with Gasteiger partial charge in [-0.25, -0.2) is 0 Å². The Hall–Kier alpha value is -0.860. The maximum absolute atomic E-state index is 6.29. The number of nitrogens with one attached hydrogen (secondary N) is 1. The molecule has 8 heavy (non-hydrogen) atoms. The highest BCUT2D eigenvalue weighted by Crippen LogP contribution is 1.76. The van der Waals surface area contributed by atoms with Crippen LogP contribution in [0.4, 0.5) is 0 Å². The Morgan fingerprint density at radius 3 is 2.00 bits per heavy atom. The van der Waals surface area contributed by atoms with E-state index in [2.05, 4.69) is 11.8 Å². The van der Waals surface area contributed by atoms with Crippen LogP contribution in [-0.2, 0) is 0 Å². The van der Waals surface area contributed by atoms with Crippen LogP contribution in [0.2, 0.25) is 0 Å². The summed E-state index contributed by atoms with van der Waals surface area (Å²) in [6.07, 6.45) is 1.45. The molecule has 0 atom stereocenters. The summed E-state index contributed by atoms with van der Waals surface area (Å²) in [5.74, 6) is 0. The molecule has 0 aliphatic carbocycles. The first-order valence-electron chi connectivity index (χ1n) is 2.54. The maximum atomic E-state index is 6.29. The highest BCUT2D eigenvalue weighted by Gasteiger charge is 1.71. The van der Waals surface area contributed by atoms with E-state index in [-0.39, 0.29) is 0 Å². The zero-order valence-corrected chi connectivity index (χ0v) is 5.68. The first-order valence-corrected chi connectivity index (χ1v) is 2.54. The van der Waals surface area contributed by atoms with Gasteiger partial charge in [0, 0.05) is 13.2 Å². The summed E-state index contributed by atoms with van der Waals surface area (Å²) in [6, 6.07) is 0. The zero-order chi connectivity index (χ0) is 6.99. The highest BCUT2D eigenvalue weighted by atomic mass is 15.5. The van der Waals surface area contributed by atoms with Gasteiger partial charge >= 0.3 is 0 Å². The van der Waals surface area contributed by atoms with Crippen molar-refractivity contribution in [2.24, 2.45) is 5.22 Å². The fourth-order valence-electron chi connectivity index (χ4n) is 0.0408. The highest BCUT2D eigenvalue weighted by molar-refractivity contribution is 4.58. The van der Waals surface area contributed by atoms with E-state index in [0.717, 1.165) is 0 Å². The fourth-order valence-corrected chi connectivity index (χ4v) is 0.0408. The fraction of sp³-hybridized carbons (Fsp3) is 0.600. The van der Waals surface area contributed by atoms with E-state index >= 15 is 0 Å². The van der Waals surface area contributed by atoms with Crippen LogP contribution in [0, 0.1) is 5.53 Å². The van der Waals surface area contributed by atoms with Crippen LogP contribution in [0.15, 0.2) is 18.0 Å². The van der Waals surface area contributed by atoms with Crippen molar-refractivity contribution in [3.63, 3.8) is 0 Å². The lowest BCUT2D eigenvalue weighted by Gasteiger charge is -1.96. The van der Waals surface area contributed by atoms with E-state index in [9.17, 15) is 0 Å². The van der Waals surface area contributed by atoms with E-state index in [1.54, 1.807) is 7.05 Å². The lowest BCUT2D eigenvalue weighted by molar-refractivity contribution is 0.442. The molecular weight excluding hydrogens is 102 g/mol. The Balaban J connectivity index is 0. The maximum Gasteiger partial charge on any atom is 0.0313 e. The van der Waals surface area contributed by atoms with Crippen LogP contribution in [0.3, 0.4) is 0 Å². The largest absolute Gasteiger partial charge is 0.258 e. The SMILES string of the molecule is C=CN(C)N=N.CC. The van der Waals surface area contributed by atoms with E-state index in [4.69, 9.17) is 5.53 Å². The molecule has 3 nitrogen and oxygen atoms in total. The Kier molecular flexibility index (Phi) is 12.1.